The van der Waals surface area contributed by atoms with Crippen LogP contribution in [0.5, 0.6) is 11.5 Å². The lowest BCUT2D eigenvalue weighted by atomic mass is 9.54. The molecule has 5 rings (SSSR count). The summed E-state index contributed by atoms with van der Waals surface area (Å²) in [5.41, 5.74) is 1.29. The third-order valence-electron chi connectivity index (χ3n) is 6.36. The molecule has 0 radical (unpaired) electrons. The van der Waals surface area contributed by atoms with Gasteiger partial charge in [0.2, 0.25) is 0 Å². The average molecular weight is 329 g/mol. The number of ether oxygens (including phenoxy) is 2. The minimum atomic E-state index is 0.163. The van der Waals surface area contributed by atoms with Crippen molar-refractivity contribution in [3.8, 4) is 11.5 Å². The predicted octanol–water partition coefficient (Wildman–Crippen LogP) is 4.40. The van der Waals surface area contributed by atoms with Crippen LogP contribution >= 0.6 is 0 Å². The van der Waals surface area contributed by atoms with Crippen LogP contribution in [0.1, 0.15) is 51.5 Å². The van der Waals surface area contributed by atoms with E-state index in [-0.39, 0.29) is 6.10 Å². The highest BCUT2D eigenvalue weighted by atomic mass is 16.5. The molecule has 1 aromatic rings. The van der Waals surface area contributed by atoms with Gasteiger partial charge in [-0.25, -0.2) is 0 Å². The number of hydrogen-bond donors (Lipinski definition) is 1. The van der Waals surface area contributed by atoms with Crippen LogP contribution in [0, 0.1) is 23.7 Å². The normalized spacial score (nSPS) is 33.9. The van der Waals surface area contributed by atoms with Gasteiger partial charge in [0.15, 0.2) is 11.5 Å². The van der Waals surface area contributed by atoms with E-state index in [1.165, 1.54) is 37.7 Å². The van der Waals surface area contributed by atoms with Crippen molar-refractivity contribution in [2.75, 3.05) is 7.11 Å². The maximum absolute atomic E-state index is 5.82. The summed E-state index contributed by atoms with van der Waals surface area (Å²) in [6, 6.07) is 7.08. The molecule has 132 valence electrons. The quantitative estimate of drug-likeness (QED) is 0.839. The molecule has 0 amide bonds. The summed E-state index contributed by atoms with van der Waals surface area (Å²) < 4.78 is 11.3. The Labute approximate surface area is 146 Å². The van der Waals surface area contributed by atoms with E-state index in [0.717, 1.165) is 47.8 Å². The fourth-order valence-corrected chi connectivity index (χ4v) is 5.67. The summed E-state index contributed by atoms with van der Waals surface area (Å²) >= 11 is 0. The van der Waals surface area contributed by atoms with Crippen molar-refractivity contribution in [2.24, 2.45) is 23.7 Å². The zero-order valence-corrected chi connectivity index (χ0v) is 15.3. The van der Waals surface area contributed by atoms with Gasteiger partial charge in [-0.05, 0) is 87.3 Å². The van der Waals surface area contributed by atoms with Crippen LogP contribution < -0.4 is 14.8 Å². The lowest BCUT2D eigenvalue weighted by molar-refractivity contribution is -0.0142. The van der Waals surface area contributed by atoms with Crippen molar-refractivity contribution >= 4 is 0 Å². The smallest absolute Gasteiger partial charge is 0.161 e. The number of nitrogens with one attached hydrogen (secondary N) is 1. The fourth-order valence-electron chi connectivity index (χ4n) is 5.67. The zero-order chi connectivity index (χ0) is 16.7. The lowest BCUT2D eigenvalue weighted by Crippen LogP contribution is -2.54. The second kappa shape index (κ2) is 6.59. The monoisotopic (exact) mass is 329 g/mol. The van der Waals surface area contributed by atoms with Gasteiger partial charge in [0, 0.05) is 12.6 Å². The van der Waals surface area contributed by atoms with Crippen LogP contribution in [-0.4, -0.2) is 19.3 Å². The van der Waals surface area contributed by atoms with E-state index in [4.69, 9.17) is 9.47 Å². The topological polar surface area (TPSA) is 30.5 Å². The first kappa shape index (κ1) is 16.3. The van der Waals surface area contributed by atoms with Crippen LogP contribution in [0.2, 0.25) is 0 Å². The molecular formula is C21H31NO2. The first-order chi connectivity index (χ1) is 11.6. The van der Waals surface area contributed by atoms with Crippen molar-refractivity contribution < 1.29 is 9.47 Å². The Hall–Kier alpha value is -1.22. The first-order valence-electron chi connectivity index (χ1n) is 9.69. The van der Waals surface area contributed by atoms with Crippen LogP contribution in [0.15, 0.2) is 18.2 Å². The Bertz CT molecular complexity index is 555. The van der Waals surface area contributed by atoms with Crippen LogP contribution in [0.3, 0.4) is 0 Å². The summed E-state index contributed by atoms with van der Waals surface area (Å²) in [6.07, 6.45) is 7.55. The Balaban J connectivity index is 1.41. The fraction of sp³-hybridized carbons (Fsp3) is 0.714. The average Bonchev–Trinajstić information content (AvgIpc) is 2.54. The van der Waals surface area contributed by atoms with E-state index in [0.29, 0.717) is 0 Å². The van der Waals surface area contributed by atoms with Crippen LogP contribution in [0.25, 0.3) is 0 Å². The molecule has 1 N–H and O–H groups in total. The highest BCUT2D eigenvalue weighted by Crippen LogP contribution is 2.53. The van der Waals surface area contributed by atoms with Gasteiger partial charge in [0.25, 0.3) is 0 Å². The number of benzene rings is 1. The van der Waals surface area contributed by atoms with Crippen molar-refractivity contribution in [3.63, 3.8) is 0 Å². The van der Waals surface area contributed by atoms with Gasteiger partial charge in [0.1, 0.15) is 0 Å². The van der Waals surface area contributed by atoms with Crippen molar-refractivity contribution in [3.05, 3.63) is 23.8 Å². The highest BCUT2D eigenvalue weighted by molar-refractivity contribution is 5.43. The Kier molecular flexibility index (Phi) is 4.46. The van der Waals surface area contributed by atoms with Crippen LogP contribution in [-0.2, 0) is 6.54 Å². The van der Waals surface area contributed by atoms with Gasteiger partial charge in [-0.2, -0.15) is 0 Å². The van der Waals surface area contributed by atoms with E-state index in [1.807, 2.05) is 19.9 Å². The second-order valence-electron chi connectivity index (χ2n) is 8.49. The summed E-state index contributed by atoms with van der Waals surface area (Å²) in [4.78, 5) is 0. The van der Waals surface area contributed by atoms with E-state index in [2.05, 4.69) is 17.4 Å². The molecule has 0 atom stereocenters. The third kappa shape index (κ3) is 3.15. The third-order valence-corrected chi connectivity index (χ3v) is 6.36. The molecule has 4 bridgehead atoms. The van der Waals surface area contributed by atoms with E-state index in [9.17, 15) is 0 Å². The molecule has 0 unspecified atom stereocenters. The SMILES string of the molecule is COc1cc(CNC2C3CC4CC(C3)CC2C4)ccc1OC(C)C. The molecule has 0 aliphatic heterocycles. The molecule has 0 saturated heterocycles. The molecule has 0 heterocycles. The summed E-state index contributed by atoms with van der Waals surface area (Å²) in [5, 5.41) is 3.90. The minimum Gasteiger partial charge on any atom is -0.493 e. The van der Waals surface area contributed by atoms with Gasteiger partial charge in [-0.15, -0.1) is 0 Å². The predicted molar refractivity (Wildman–Crippen MR) is 96.4 cm³/mol. The standard InChI is InChI=1S/C21H31NO2/c1-13(2)24-19-5-4-14(11-20(19)23-3)12-22-21-17-7-15-6-16(9-17)10-18(21)8-15/h4-5,11,13,15-18,21-22H,6-10,12H2,1-3H3. The molecule has 24 heavy (non-hydrogen) atoms. The van der Waals surface area contributed by atoms with Gasteiger partial charge in [0.05, 0.1) is 13.2 Å². The molecule has 0 aromatic heterocycles. The molecule has 4 aliphatic carbocycles. The number of rotatable bonds is 6. The molecule has 4 saturated carbocycles. The van der Waals surface area contributed by atoms with Crippen molar-refractivity contribution in [1.82, 2.24) is 5.32 Å². The molecule has 3 heteroatoms. The summed E-state index contributed by atoms with van der Waals surface area (Å²) in [5.74, 6) is 5.61. The van der Waals surface area contributed by atoms with Crippen molar-refractivity contribution in [2.45, 2.75) is 64.6 Å². The maximum Gasteiger partial charge on any atom is 0.161 e. The molecule has 0 spiro atoms. The number of hydrogen-bond acceptors (Lipinski definition) is 3. The number of methoxy groups -OCH3 is 1. The van der Waals surface area contributed by atoms with E-state index >= 15 is 0 Å². The van der Waals surface area contributed by atoms with Gasteiger partial charge in [-0.3, -0.25) is 0 Å². The van der Waals surface area contributed by atoms with E-state index < -0.39 is 0 Å². The lowest BCUT2D eigenvalue weighted by Gasteiger charge is -2.54. The van der Waals surface area contributed by atoms with Crippen molar-refractivity contribution in [1.29, 1.82) is 0 Å². The Morgan fingerprint density at radius 2 is 1.67 bits per heavy atom. The highest BCUT2D eigenvalue weighted by Gasteiger charge is 2.47. The minimum absolute atomic E-state index is 0.163. The molecule has 1 aromatic carbocycles. The van der Waals surface area contributed by atoms with Gasteiger partial charge >= 0.3 is 0 Å². The first-order valence-corrected chi connectivity index (χ1v) is 9.69. The Morgan fingerprint density at radius 1 is 1.00 bits per heavy atom. The zero-order valence-electron chi connectivity index (χ0n) is 15.3. The van der Waals surface area contributed by atoms with Gasteiger partial charge < -0.3 is 14.8 Å². The van der Waals surface area contributed by atoms with Gasteiger partial charge in [-0.1, -0.05) is 6.07 Å². The largest absolute Gasteiger partial charge is 0.493 e. The molecule has 3 nitrogen and oxygen atoms in total. The second-order valence-corrected chi connectivity index (χ2v) is 8.49. The Morgan fingerprint density at radius 3 is 2.25 bits per heavy atom. The molecular weight excluding hydrogens is 298 g/mol. The molecule has 4 fully saturated rings. The maximum atomic E-state index is 5.82. The van der Waals surface area contributed by atoms with E-state index in [1.54, 1.807) is 7.11 Å². The van der Waals surface area contributed by atoms with Crippen LogP contribution in [0.4, 0.5) is 0 Å². The molecule has 4 aliphatic rings. The summed E-state index contributed by atoms with van der Waals surface area (Å²) in [6.45, 7) is 5.02. The summed E-state index contributed by atoms with van der Waals surface area (Å²) in [7, 11) is 1.72.